The molecule has 0 saturated carbocycles. The number of halogens is 3. The predicted octanol–water partition coefficient (Wildman–Crippen LogP) is 4.96. The molecule has 130 valence electrons. The minimum absolute atomic E-state index is 0.0201. The Morgan fingerprint density at radius 1 is 1.25 bits per heavy atom. The monoisotopic (exact) mass is 375 g/mol. The number of benzene rings is 1. The van der Waals surface area contributed by atoms with Gasteiger partial charge in [-0.3, -0.25) is 0 Å². The van der Waals surface area contributed by atoms with Crippen molar-refractivity contribution in [3.8, 4) is 0 Å². The summed E-state index contributed by atoms with van der Waals surface area (Å²) in [6, 6.07) is 5.33. The summed E-state index contributed by atoms with van der Waals surface area (Å²) in [5, 5.41) is 11.0. The van der Waals surface area contributed by atoms with Gasteiger partial charge in [0.15, 0.2) is 4.34 Å². The zero-order valence-electron chi connectivity index (χ0n) is 12.7. The molecule has 1 saturated heterocycles. The second-order valence-electron chi connectivity index (χ2n) is 5.34. The number of alkyl halides is 3. The van der Waals surface area contributed by atoms with Crippen molar-refractivity contribution >= 4 is 33.9 Å². The summed E-state index contributed by atoms with van der Waals surface area (Å²) in [4.78, 5) is 0. The van der Waals surface area contributed by atoms with Crippen molar-refractivity contribution in [2.24, 2.45) is 0 Å². The first-order valence-electron chi connectivity index (χ1n) is 7.53. The van der Waals surface area contributed by atoms with Crippen molar-refractivity contribution in [2.45, 2.75) is 35.9 Å². The molecule has 24 heavy (non-hydrogen) atoms. The van der Waals surface area contributed by atoms with Crippen LogP contribution in [-0.2, 0) is 10.9 Å². The topological polar surface area (TPSA) is 47.0 Å². The van der Waals surface area contributed by atoms with Gasteiger partial charge in [-0.15, -0.1) is 10.2 Å². The zero-order chi connectivity index (χ0) is 17.0. The molecule has 1 aromatic carbocycles. The minimum Gasteiger partial charge on any atom is -0.377 e. The van der Waals surface area contributed by atoms with Crippen LogP contribution in [-0.4, -0.2) is 28.7 Å². The highest BCUT2D eigenvalue weighted by Gasteiger charge is 2.33. The summed E-state index contributed by atoms with van der Waals surface area (Å²) in [6.07, 6.45) is -0.884. The Balaban J connectivity index is 1.62. The van der Waals surface area contributed by atoms with Crippen LogP contribution in [0.1, 0.15) is 24.8 Å². The molecule has 1 N–H and O–H groups in total. The molecule has 0 spiro atoms. The van der Waals surface area contributed by atoms with E-state index in [1.807, 2.05) is 0 Å². The first-order valence-corrected chi connectivity index (χ1v) is 9.34. The lowest BCUT2D eigenvalue weighted by Gasteiger charge is -2.21. The van der Waals surface area contributed by atoms with E-state index in [4.69, 9.17) is 4.74 Å². The molecule has 2 aromatic rings. The Morgan fingerprint density at radius 3 is 2.83 bits per heavy atom. The van der Waals surface area contributed by atoms with E-state index in [0.29, 0.717) is 5.13 Å². The number of anilines is 2. The van der Waals surface area contributed by atoms with Crippen molar-refractivity contribution in [1.29, 1.82) is 0 Å². The standard InChI is InChI=1S/C15H16F3N3OS2/c16-15(17,18)11-6-1-2-7-12(11)19-13-20-21-14(24-13)23-9-10-5-3-4-8-22-10/h1-2,6-7,10H,3-5,8-9H2,(H,19,20)/t10-/m0/s1. The summed E-state index contributed by atoms with van der Waals surface area (Å²) in [5.74, 6) is 0.785. The maximum atomic E-state index is 13.0. The summed E-state index contributed by atoms with van der Waals surface area (Å²) in [5.41, 5.74) is -0.738. The van der Waals surface area contributed by atoms with Crippen molar-refractivity contribution < 1.29 is 17.9 Å². The molecule has 0 amide bonds. The lowest BCUT2D eigenvalue weighted by Crippen LogP contribution is -2.21. The third-order valence-corrected chi connectivity index (χ3v) is 5.65. The Hall–Kier alpha value is -1.32. The van der Waals surface area contributed by atoms with Crippen LogP contribution >= 0.6 is 23.1 Å². The largest absolute Gasteiger partial charge is 0.418 e. The van der Waals surface area contributed by atoms with Crippen molar-refractivity contribution in [3.63, 3.8) is 0 Å². The molecule has 1 aromatic heterocycles. The van der Waals surface area contributed by atoms with Crippen molar-refractivity contribution in [3.05, 3.63) is 29.8 Å². The van der Waals surface area contributed by atoms with Gasteiger partial charge >= 0.3 is 6.18 Å². The van der Waals surface area contributed by atoms with Crippen LogP contribution in [0.15, 0.2) is 28.6 Å². The Kier molecular flexibility index (Phi) is 5.62. The van der Waals surface area contributed by atoms with Gasteiger partial charge in [-0.25, -0.2) is 0 Å². The lowest BCUT2D eigenvalue weighted by atomic mass is 10.1. The Morgan fingerprint density at radius 2 is 2.08 bits per heavy atom. The number of hydrogen-bond donors (Lipinski definition) is 1. The lowest BCUT2D eigenvalue weighted by molar-refractivity contribution is -0.136. The highest BCUT2D eigenvalue weighted by molar-refractivity contribution is 8.01. The van der Waals surface area contributed by atoms with Gasteiger partial charge in [-0.05, 0) is 31.4 Å². The van der Waals surface area contributed by atoms with Crippen LogP contribution in [0.25, 0.3) is 0 Å². The van der Waals surface area contributed by atoms with E-state index in [0.717, 1.165) is 35.6 Å². The van der Waals surface area contributed by atoms with E-state index >= 15 is 0 Å². The van der Waals surface area contributed by atoms with Crippen molar-refractivity contribution in [1.82, 2.24) is 10.2 Å². The van der Waals surface area contributed by atoms with Crippen LogP contribution in [0.5, 0.6) is 0 Å². The molecule has 1 aliphatic heterocycles. The summed E-state index contributed by atoms with van der Waals surface area (Å²) < 4.78 is 45.3. The predicted molar refractivity (Wildman–Crippen MR) is 89.0 cm³/mol. The van der Waals surface area contributed by atoms with E-state index < -0.39 is 11.7 Å². The Bertz CT molecular complexity index is 672. The number of rotatable bonds is 5. The molecule has 1 atom stereocenters. The maximum absolute atomic E-state index is 13.0. The van der Waals surface area contributed by atoms with Gasteiger partial charge in [0.2, 0.25) is 5.13 Å². The van der Waals surface area contributed by atoms with Gasteiger partial charge < -0.3 is 10.1 Å². The molecule has 4 nitrogen and oxygen atoms in total. The second-order valence-corrected chi connectivity index (χ2v) is 7.59. The van der Waals surface area contributed by atoms with Gasteiger partial charge in [0, 0.05) is 12.4 Å². The normalized spacial score (nSPS) is 18.5. The zero-order valence-corrected chi connectivity index (χ0v) is 14.3. The molecule has 2 heterocycles. The van der Waals surface area contributed by atoms with E-state index in [1.165, 1.54) is 41.7 Å². The van der Waals surface area contributed by atoms with Gasteiger partial charge in [-0.1, -0.05) is 35.2 Å². The molecule has 0 unspecified atom stereocenters. The first kappa shape index (κ1) is 17.5. The summed E-state index contributed by atoms with van der Waals surface area (Å²) >= 11 is 2.77. The van der Waals surface area contributed by atoms with E-state index in [-0.39, 0.29) is 11.8 Å². The minimum atomic E-state index is -4.41. The molecule has 3 rings (SSSR count). The fraction of sp³-hybridized carbons (Fsp3) is 0.467. The molecule has 1 aliphatic rings. The molecule has 0 radical (unpaired) electrons. The maximum Gasteiger partial charge on any atom is 0.418 e. The number of para-hydroxylation sites is 1. The number of nitrogens with one attached hydrogen (secondary N) is 1. The van der Waals surface area contributed by atoms with Gasteiger partial charge in [0.1, 0.15) is 0 Å². The van der Waals surface area contributed by atoms with Crippen LogP contribution in [0, 0.1) is 0 Å². The van der Waals surface area contributed by atoms with Crippen molar-refractivity contribution in [2.75, 3.05) is 17.7 Å². The molecular weight excluding hydrogens is 359 g/mol. The third kappa shape index (κ3) is 4.61. The van der Waals surface area contributed by atoms with E-state index in [2.05, 4.69) is 15.5 Å². The molecule has 9 heteroatoms. The molecule has 0 bridgehead atoms. The first-order chi connectivity index (χ1) is 11.5. The fourth-order valence-corrected chi connectivity index (χ4v) is 4.23. The average Bonchev–Trinajstić information content (AvgIpc) is 3.01. The smallest absolute Gasteiger partial charge is 0.377 e. The number of aromatic nitrogens is 2. The van der Waals surface area contributed by atoms with Crippen LogP contribution in [0.4, 0.5) is 24.0 Å². The number of ether oxygens (including phenoxy) is 1. The Labute approximate surface area is 145 Å². The summed E-state index contributed by atoms with van der Waals surface area (Å²) in [6.45, 7) is 0.794. The van der Waals surface area contributed by atoms with Gasteiger partial charge in [0.25, 0.3) is 0 Å². The third-order valence-electron chi connectivity index (χ3n) is 3.55. The quantitative estimate of drug-likeness (QED) is 0.749. The molecule has 1 fully saturated rings. The SMILES string of the molecule is FC(F)(F)c1ccccc1Nc1nnc(SC[C@@H]2CCCCO2)s1. The average molecular weight is 375 g/mol. The molecule has 0 aliphatic carbocycles. The van der Waals surface area contributed by atoms with Gasteiger partial charge in [-0.2, -0.15) is 13.2 Å². The van der Waals surface area contributed by atoms with Crippen LogP contribution in [0.2, 0.25) is 0 Å². The van der Waals surface area contributed by atoms with E-state index in [9.17, 15) is 13.2 Å². The number of hydrogen-bond acceptors (Lipinski definition) is 6. The highest BCUT2D eigenvalue weighted by Crippen LogP contribution is 2.37. The van der Waals surface area contributed by atoms with Crippen LogP contribution < -0.4 is 5.32 Å². The second kappa shape index (κ2) is 7.71. The number of nitrogens with zero attached hydrogens (tertiary/aromatic N) is 2. The van der Waals surface area contributed by atoms with Crippen LogP contribution in [0.3, 0.4) is 0 Å². The highest BCUT2D eigenvalue weighted by atomic mass is 32.2. The summed E-state index contributed by atoms with van der Waals surface area (Å²) in [7, 11) is 0. The molecular formula is C15H16F3N3OS2. The van der Waals surface area contributed by atoms with Gasteiger partial charge in [0.05, 0.1) is 17.4 Å². The number of thioether (sulfide) groups is 1. The van der Waals surface area contributed by atoms with E-state index in [1.54, 1.807) is 6.07 Å². The fourth-order valence-electron chi connectivity index (χ4n) is 2.38.